The van der Waals surface area contributed by atoms with Gasteiger partial charge in [-0.05, 0) is 31.0 Å². The van der Waals surface area contributed by atoms with Crippen LogP contribution in [0.1, 0.15) is 60.4 Å². The summed E-state index contributed by atoms with van der Waals surface area (Å²) in [7, 11) is 0. The zero-order valence-corrected chi connectivity index (χ0v) is 17.0. The minimum Gasteiger partial charge on any atom is -0.478 e. The molecule has 0 unspecified atom stereocenters. The second-order valence-electron chi connectivity index (χ2n) is 7.10. The summed E-state index contributed by atoms with van der Waals surface area (Å²) in [6, 6.07) is 14.2. The number of hydrogen-bond acceptors (Lipinski definition) is 3. The third-order valence-corrected chi connectivity index (χ3v) is 5.00. The number of carbonyl (C=O) groups excluding carboxylic acids is 1. The molecule has 0 saturated heterocycles. The van der Waals surface area contributed by atoms with Crippen molar-refractivity contribution >= 4 is 22.8 Å². The lowest BCUT2D eigenvalue weighted by Gasteiger charge is -2.21. The molecular weight excluding hydrogens is 366 g/mol. The van der Waals surface area contributed by atoms with Gasteiger partial charge >= 0.3 is 5.97 Å². The molecule has 0 spiro atoms. The number of hydrogen-bond donors (Lipinski definition) is 1. The van der Waals surface area contributed by atoms with Crippen LogP contribution in [0.3, 0.4) is 0 Å². The quantitative estimate of drug-likeness (QED) is 0.568. The number of aromatic nitrogens is 2. The Morgan fingerprint density at radius 1 is 0.966 bits per heavy atom. The van der Waals surface area contributed by atoms with Gasteiger partial charge in [-0.3, -0.25) is 4.79 Å². The van der Waals surface area contributed by atoms with Crippen molar-refractivity contribution in [2.75, 3.05) is 13.1 Å². The van der Waals surface area contributed by atoms with E-state index in [0.29, 0.717) is 24.5 Å². The van der Waals surface area contributed by atoms with Crippen molar-refractivity contribution in [2.24, 2.45) is 0 Å². The largest absolute Gasteiger partial charge is 0.478 e. The molecule has 6 heteroatoms. The van der Waals surface area contributed by atoms with Gasteiger partial charge < -0.3 is 10.0 Å². The monoisotopic (exact) mass is 393 g/mol. The van der Waals surface area contributed by atoms with Crippen LogP contribution in [0.5, 0.6) is 0 Å². The Morgan fingerprint density at radius 2 is 1.59 bits per heavy atom. The maximum Gasteiger partial charge on any atom is 0.337 e. The first kappa shape index (κ1) is 20.6. The van der Waals surface area contributed by atoms with E-state index >= 15 is 0 Å². The van der Waals surface area contributed by atoms with Gasteiger partial charge in [0, 0.05) is 18.5 Å². The van der Waals surface area contributed by atoms with Crippen LogP contribution >= 0.6 is 0 Å². The number of benzene rings is 2. The fourth-order valence-electron chi connectivity index (χ4n) is 3.41. The molecular formula is C23H27N3O3. The fourth-order valence-corrected chi connectivity index (χ4v) is 3.41. The van der Waals surface area contributed by atoms with Gasteiger partial charge in [-0.25, -0.2) is 9.48 Å². The molecule has 1 heterocycles. The number of fused-ring (bicyclic) bond motifs is 1. The van der Waals surface area contributed by atoms with Crippen LogP contribution in [0.15, 0.2) is 48.5 Å². The number of carboxylic acid groups (broad SMARTS) is 1. The summed E-state index contributed by atoms with van der Waals surface area (Å²) in [6.45, 7) is 5.61. The SMILES string of the molecule is CCCCN(CCCC)C(=O)c1nn(-c2ccccc2C(=O)O)c2ccccc12. The number of carboxylic acids is 1. The van der Waals surface area contributed by atoms with Crippen molar-refractivity contribution in [1.82, 2.24) is 14.7 Å². The molecule has 1 amide bonds. The number of unbranched alkanes of at least 4 members (excludes halogenated alkanes) is 2. The summed E-state index contributed by atoms with van der Waals surface area (Å²) in [5.74, 6) is -1.13. The molecule has 0 aliphatic rings. The molecule has 3 rings (SSSR count). The summed E-state index contributed by atoms with van der Waals surface area (Å²) in [6.07, 6.45) is 3.90. The zero-order chi connectivity index (χ0) is 20.8. The van der Waals surface area contributed by atoms with E-state index in [2.05, 4.69) is 18.9 Å². The molecule has 3 aromatic rings. The Kier molecular flexibility index (Phi) is 6.65. The molecule has 6 nitrogen and oxygen atoms in total. The van der Waals surface area contributed by atoms with Gasteiger partial charge in [0.05, 0.1) is 16.8 Å². The van der Waals surface area contributed by atoms with Crippen LogP contribution < -0.4 is 0 Å². The normalized spacial score (nSPS) is 11.0. The second-order valence-corrected chi connectivity index (χ2v) is 7.10. The Bertz CT molecular complexity index is 1000. The van der Waals surface area contributed by atoms with Gasteiger partial charge in [0.25, 0.3) is 5.91 Å². The number of aromatic carboxylic acids is 1. The van der Waals surface area contributed by atoms with Crippen LogP contribution in [-0.2, 0) is 0 Å². The minimum atomic E-state index is -1.03. The smallest absolute Gasteiger partial charge is 0.337 e. The molecule has 0 fully saturated rings. The van der Waals surface area contributed by atoms with E-state index < -0.39 is 5.97 Å². The average Bonchev–Trinajstić information content (AvgIpc) is 3.13. The van der Waals surface area contributed by atoms with Crippen molar-refractivity contribution in [3.63, 3.8) is 0 Å². The van der Waals surface area contributed by atoms with E-state index in [9.17, 15) is 14.7 Å². The molecule has 0 saturated carbocycles. The van der Waals surface area contributed by atoms with Gasteiger partial charge in [0.1, 0.15) is 0 Å². The first-order valence-corrected chi connectivity index (χ1v) is 10.2. The molecule has 0 bridgehead atoms. The first-order valence-electron chi connectivity index (χ1n) is 10.2. The zero-order valence-electron chi connectivity index (χ0n) is 17.0. The van der Waals surface area contributed by atoms with E-state index in [1.54, 1.807) is 28.9 Å². The van der Waals surface area contributed by atoms with E-state index in [-0.39, 0.29) is 11.5 Å². The summed E-state index contributed by atoms with van der Waals surface area (Å²) < 4.78 is 1.57. The van der Waals surface area contributed by atoms with Gasteiger partial charge in [-0.15, -0.1) is 0 Å². The van der Waals surface area contributed by atoms with Crippen LogP contribution in [0.4, 0.5) is 0 Å². The molecule has 1 N–H and O–H groups in total. The number of carbonyl (C=O) groups is 2. The topological polar surface area (TPSA) is 75.4 Å². The Labute approximate surface area is 170 Å². The van der Waals surface area contributed by atoms with Gasteiger partial charge in [-0.1, -0.05) is 57.0 Å². The van der Waals surface area contributed by atoms with Crippen molar-refractivity contribution < 1.29 is 14.7 Å². The summed E-state index contributed by atoms with van der Waals surface area (Å²) in [4.78, 5) is 26.9. The third kappa shape index (κ3) is 4.31. The van der Waals surface area contributed by atoms with Crippen molar-refractivity contribution in [3.05, 3.63) is 59.8 Å². The minimum absolute atomic E-state index is 0.102. The Balaban J connectivity index is 2.11. The lowest BCUT2D eigenvalue weighted by atomic mass is 10.1. The van der Waals surface area contributed by atoms with Gasteiger partial charge in [0.15, 0.2) is 5.69 Å². The molecule has 0 aliphatic carbocycles. The molecule has 1 aromatic heterocycles. The van der Waals surface area contributed by atoms with Crippen LogP contribution in [0.2, 0.25) is 0 Å². The van der Waals surface area contributed by atoms with E-state index in [4.69, 9.17) is 0 Å². The first-order chi connectivity index (χ1) is 14.1. The van der Waals surface area contributed by atoms with Crippen molar-refractivity contribution in [1.29, 1.82) is 0 Å². The Hall–Kier alpha value is -3.15. The predicted molar refractivity (Wildman–Crippen MR) is 114 cm³/mol. The summed E-state index contributed by atoms with van der Waals surface area (Å²) in [5.41, 5.74) is 1.68. The van der Waals surface area contributed by atoms with Crippen LogP contribution in [-0.4, -0.2) is 44.8 Å². The maximum atomic E-state index is 13.4. The average molecular weight is 393 g/mol. The van der Waals surface area contributed by atoms with Crippen LogP contribution in [0, 0.1) is 0 Å². The molecule has 0 aliphatic heterocycles. The molecule has 2 aromatic carbocycles. The van der Waals surface area contributed by atoms with E-state index in [0.717, 1.165) is 36.6 Å². The van der Waals surface area contributed by atoms with E-state index in [1.807, 2.05) is 29.2 Å². The van der Waals surface area contributed by atoms with Gasteiger partial charge in [-0.2, -0.15) is 5.10 Å². The van der Waals surface area contributed by atoms with Gasteiger partial charge in [0.2, 0.25) is 0 Å². The maximum absolute atomic E-state index is 13.4. The highest BCUT2D eigenvalue weighted by molar-refractivity contribution is 6.05. The molecule has 0 atom stereocenters. The highest BCUT2D eigenvalue weighted by atomic mass is 16.4. The number of amides is 1. The highest BCUT2D eigenvalue weighted by Crippen LogP contribution is 2.25. The number of rotatable bonds is 9. The highest BCUT2D eigenvalue weighted by Gasteiger charge is 2.24. The van der Waals surface area contributed by atoms with Crippen molar-refractivity contribution in [2.45, 2.75) is 39.5 Å². The third-order valence-electron chi connectivity index (χ3n) is 5.00. The van der Waals surface area contributed by atoms with Crippen molar-refractivity contribution in [3.8, 4) is 5.69 Å². The summed E-state index contributed by atoms with van der Waals surface area (Å²) in [5, 5.41) is 14.9. The lowest BCUT2D eigenvalue weighted by molar-refractivity contribution is 0.0696. The molecule has 29 heavy (non-hydrogen) atoms. The van der Waals surface area contributed by atoms with E-state index in [1.165, 1.54) is 0 Å². The standard InChI is InChI=1S/C23H27N3O3/c1-3-5-15-25(16-6-4-2)22(27)21-17-11-7-9-13-19(17)26(24-21)20-14-10-8-12-18(20)23(28)29/h7-14H,3-6,15-16H2,1-2H3,(H,28,29). The predicted octanol–water partition coefficient (Wildman–Crippen LogP) is 4.77. The number of para-hydroxylation sites is 2. The second kappa shape index (κ2) is 9.37. The fraction of sp³-hybridized carbons (Fsp3) is 0.348. The summed E-state index contributed by atoms with van der Waals surface area (Å²) >= 11 is 0. The molecule has 152 valence electrons. The lowest BCUT2D eigenvalue weighted by Crippen LogP contribution is -2.33. The number of nitrogens with zero attached hydrogens (tertiary/aromatic N) is 3. The Morgan fingerprint density at radius 3 is 2.24 bits per heavy atom. The molecule has 0 radical (unpaired) electrons. The van der Waals surface area contributed by atoms with Crippen LogP contribution in [0.25, 0.3) is 16.6 Å².